The van der Waals surface area contributed by atoms with Crippen LogP contribution >= 0.6 is 0 Å². The molecule has 0 spiro atoms. The quantitative estimate of drug-likeness (QED) is 0.762. The molecule has 1 N–H and O–H groups in total. The second-order valence-corrected chi connectivity index (χ2v) is 4.81. The van der Waals surface area contributed by atoms with Gasteiger partial charge in [-0.25, -0.2) is 0 Å². The predicted molar refractivity (Wildman–Crippen MR) is 62.1 cm³/mol. The molecule has 3 nitrogen and oxygen atoms in total. The Morgan fingerprint density at radius 3 is 3.13 bits per heavy atom. The first-order chi connectivity index (χ1) is 7.40. The zero-order chi connectivity index (χ0) is 10.5. The highest BCUT2D eigenvalue weighted by atomic mass is 16.5. The average Bonchev–Trinajstić information content (AvgIpc) is 2.31. The summed E-state index contributed by atoms with van der Waals surface area (Å²) in [6.45, 7) is 7.78. The van der Waals surface area contributed by atoms with E-state index in [1.165, 1.54) is 38.8 Å². The van der Waals surface area contributed by atoms with E-state index < -0.39 is 0 Å². The van der Waals surface area contributed by atoms with Gasteiger partial charge in [0.2, 0.25) is 0 Å². The Labute approximate surface area is 93.2 Å². The van der Waals surface area contributed by atoms with Crippen molar-refractivity contribution in [1.29, 1.82) is 0 Å². The molecule has 0 aromatic heterocycles. The Bertz CT molecular complexity index is 178. The maximum atomic E-state index is 5.57. The lowest BCUT2D eigenvalue weighted by Gasteiger charge is -2.40. The molecule has 0 aromatic rings. The van der Waals surface area contributed by atoms with Crippen LogP contribution in [0.25, 0.3) is 0 Å². The van der Waals surface area contributed by atoms with Crippen molar-refractivity contribution in [3.8, 4) is 0 Å². The molecule has 2 heterocycles. The van der Waals surface area contributed by atoms with Gasteiger partial charge in [0.15, 0.2) is 0 Å². The molecule has 88 valence electrons. The van der Waals surface area contributed by atoms with Crippen molar-refractivity contribution in [2.45, 2.75) is 44.7 Å². The van der Waals surface area contributed by atoms with E-state index in [-0.39, 0.29) is 0 Å². The van der Waals surface area contributed by atoms with Crippen LogP contribution in [-0.4, -0.2) is 49.8 Å². The Morgan fingerprint density at radius 1 is 1.47 bits per heavy atom. The van der Waals surface area contributed by atoms with Gasteiger partial charge in [-0.2, -0.15) is 0 Å². The van der Waals surface area contributed by atoms with Crippen LogP contribution in [0.3, 0.4) is 0 Å². The number of hydrogen-bond acceptors (Lipinski definition) is 3. The van der Waals surface area contributed by atoms with E-state index in [1.54, 1.807) is 0 Å². The molecule has 0 saturated carbocycles. The summed E-state index contributed by atoms with van der Waals surface area (Å²) in [4.78, 5) is 2.63. The third-order valence-electron chi connectivity index (χ3n) is 3.58. The minimum atomic E-state index is 0.695. The minimum absolute atomic E-state index is 0.695. The van der Waals surface area contributed by atoms with Crippen LogP contribution in [0.5, 0.6) is 0 Å². The van der Waals surface area contributed by atoms with Crippen molar-refractivity contribution in [2.75, 3.05) is 32.8 Å². The largest absolute Gasteiger partial charge is 0.380 e. The van der Waals surface area contributed by atoms with Crippen LogP contribution in [0.1, 0.15) is 32.6 Å². The number of nitrogens with one attached hydrogen (secondary N) is 1. The number of nitrogens with zero attached hydrogens (tertiary/aromatic N) is 1. The summed E-state index contributed by atoms with van der Waals surface area (Å²) in [5, 5.41) is 3.61. The molecule has 2 atom stereocenters. The summed E-state index contributed by atoms with van der Waals surface area (Å²) in [6, 6.07) is 1.41. The van der Waals surface area contributed by atoms with Crippen LogP contribution in [0, 0.1) is 0 Å². The third-order valence-corrected chi connectivity index (χ3v) is 3.58. The molecule has 2 saturated heterocycles. The molecule has 3 heteroatoms. The van der Waals surface area contributed by atoms with E-state index in [0.717, 1.165) is 19.8 Å². The highest BCUT2D eigenvalue weighted by Gasteiger charge is 2.26. The van der Waals surface area contributed by atoms with Gasteiger partial charge < -0.3 is 10.1 Å². The molecule has 2 rings (SSSR count). The van der Waals surface area contributed by atoms with E-state index >= 15 is 0 Å². The van der Waals surface area contributed by atoms with Gasteiger partial charge in [0.05, 0.1) is 6.61 Å². The third kappa shape index (κ3) is 3.16. The van der Waals surface area contributed by atoms with Gasteiger partial charge in [0.1, 0.15) is 0 Å². The summed E-state index contributed by atoms with van der Waals surface area (Å²) < 4.78 is 5.57. The summed E-state index contributed by atoms with van der Waals surface area (Å²) in [5.74, 6) is 0. The first-order valence-electron chi connectivity index (χ1n) is 6.45. The maximum Gasteiger partial charge on any atom is 0.0621 e. The number of hydrogen-bond donors (Lipinski definition) is 1. The monoisotopic (exact) mass is 212 g/mol. The highest BCUT2D eigenvalue weighted by molar-refractivity contribution is 4.83. The van der Waals surface area contributed by atoms with Gasteiger partial charge in [-0.3, -0.25) is 4.90 Å². The van der Waals surface area contributed by atoms with Gasteiger partial charge >= 0.3 is 0 Å². The van der Waals surface area contributed by atoms with E-state index in [2.05, 4.69) is 17.1 Å². The van der Waals surface area contributed by atoms with Crippen LogP contribution < -0.4 is 5.32 Å². The van der Waals surface area contributed by atoms with E-state index in [1.807, 2.05) is 0 Å². The molecule has 0 aromatic carbocycles. The van der Waals surface area contributed by atoms with Gasteiger partial charge in [0, 0.05) is 38.3 Å². The Kier molecular flexibility index (Phi) is 4.42. The number of rotatable bonds is 3. The van der Waals surface area contributed by atoms with E-state index in [0.29, 0.717) is 12.1 Å². The van der Waals surface area contributed by atoms with Crippen LogP contribution in [0.4, 0.5) is 0 Å². The second-order valence-electron chi connectivity index (χ2n) is 4.81. The summed E-state index contributed by atoms with van der Waals surface area (Å²) in [7, 11) is 0. The van der Waals surface area contributed by atoms with E-state index in [9.17, 15) is 0 Å². The topological polar surface area (TPSA) is 24.5 Å². The lowest BCUT2D eigenvalue weighted by Crippen LogP contribution is -2.55. The molecule has 15 heavy (non-hydrogen) atoms. The molecule has 2 aliphatic heterocycles. The van der Waals surface area contributed by atoms with Crippen molar-refractivity contribution in [1.82, 2.24) is 10.2 Å². The Balaban J connectivity index is 1.80. The molecule has 2 aliphatic rings. The van der Waals surface area contributed by atoms with Crippen LogP contribution in [0.2, 0.25) is 0 Å². The zero-order valence-corrected chi connectivity index (χ0v) is 9.87. The van der Waals surface area contributed by atoms with Crippen molar-refractivity contribution in [3.63, 3.8) is 0 Å². The van der Waals surface area contributed by atoms with Gasteiger partial charge in [0.25, 0.3) is 0 Å². The summed E-state index contributed by atoms with van der Waals surface area (Å²) in [5.41, 5.74) is 0. The van der Waals surface area contributed by atoms with Gasteiger partial charge in [-0.1, -0.05) is 13.3 Å². The molecule has 0 amide bonds. The lowest BCUT2D eigenvalue weighted by atomic mass is 10.0. The Hall–Kier alpha value is -0.120. The molecular weight excluding hydrogens is 188 g/mol. The fraction of sp³-hybridized carbons (Fsp3) is 1.00. The first-order valence-corrected chi connectivity index (χ1v) is 6.45. The first kappa shape index (κ1) is 11.4. The molecular formula is C12H24N2O. The molecule has 0 bridgehead atoms. The molecule has 2 fully saturated rings. The number of piperazine rings is 1. The van der Waals surface area contributed by atoms with Gasteiger partial charge in [-0.15, -0.1) is 0 Å². The smallest absolute Gasteiger partial charge is 0.0621 e. The maximum absolute atomic E-state index is 5.57. The average molecular weight is 212 g/mol. The van der Waals surface area contributed by atoms with Crippen molar-refractivity contribution in [3.05, 3.63) is 0 Å². The number of ether oxygens (including phenoxy) is 1. The summed E-state index contributed by atoms with van der Waals surface area (Å²) >= 11 is 0. The van der Waals surface area contributed by atoms with Crippen molar-refractivity contribution >= 4 is 0 Å². The standard InChI is InChI=1S/C12H24N2O/c1-2-4-11-9-14(7-6-13-11)12-5-3-8-15-10-12/h11-13H,2-10H2,1H3. The fourth-order valence-corrected chi connectivity index (χ4v) is 2.74. The highest BCUT2D eigenvalue weighted by Crippen LogP contribution is 2.16. The zero-order valence-electron chi connectivity index (χ0n) is 9.87. The second kappa shape index (κ2) is 5.83. The SMILES string of the molecule is CCCC1CN(C2CCCOC2)CCN1. The van der Waals surface area contributed by atoms with Crippen LogP contribution in [0.15, 0.2) is 0 Å². The van der Waals surface area contributed by atoms with Gasteiger partial charge in [-0.05, 0) is 19.3 Å². The van der Waals surface area contributed by atoms with Crippen LogP contribution in [-0.2, 0) is 4.74 Å². The minimum Gasteiger partial charge on any atom is -0.380 e. The van der Waals surface area contributed by atoms with Crippen molar-refractivity contribution < 1.29 is 4.74 Å². The Morgan fingerprint density at radius 2 is 2.40 bits per heavy atom. The predicted octanol–water partition coefficient (Wildman–Crippen LogP) is 1.24. The molecule has 2 unspecified atom stereocenters. The fourth-order valence-electron chi connectivity index (χ4n) is 2.74. The normalized spacial score (nSPS) is 34.2. The molecule has 0 radical (unpaired) electrons. The molecule has 0 aliphatic carbocycles. The lowest BCUT2D eigenvalue weighted by molar-refractivity contribution is 0.00677. The van der Waals surface area contributed by atoms with E-state index in [4.69, 9.17) is 4.74 Å². The summed E-state index contributed by atoms with van der Waals surface area (Å²) in [6.07, 6.45) is 5.17. The van der Waals surface area contributed by atoms with Crippen molar-refractivity contribution in [2.24, 2.45) is 0 Å².